The van der Waals surface area contributed by atoms with Crippen LogP contribution in [0.3, 0.4) is 0 Å². The summed E-state index contributed by atoms with van der Waals surface area (Å²) in [4.78, 5) is 42.0. The molecule has 0 heterocycles. The number of hydrogen-bond donors (Lipinski definition) is 4. The van der Waals surface area contributed by atoms with Gasteiger partial charge in [0.25, 0.3) is 0 Å². The second-order valence-electron chi connectivity index (χ2n) is 2.37. The molecule has 0 amide bonds. The molecule has 0 rings (SSSR count). The number of rotatable bonds is 5. The van der Waals surface area contributed by atoms with Crippen molar-refractivity contribution in [2.24, 2.45) is 0 Å². The Morgan fingerprint density at radius 3 is 1.53 bits per heavy atom. The molecule has 0 radical (unpaired) electrons. The van der Waals surface area contributed by atoms with Gasteiger partial charge >= 0.3 is 23.9 Å². The van der Waals surface area contributed by atoms with Crippen molar-refractivity contribution in [1.29, 1.82) is 0 Å². The van der Waals surface area contributed by atoms with Crippen LogP contribution in [0.5, 0.6) is 0 Å². The maximum absolute atomic E-state index is 9.98. The molecular formula is C8H10O9. The van der Waals surface area contributed by atoms with Crippen molar-refractivity contribution in [3.8, 4) is 0 Å². The SMILES string of the molecule is O=C(O)C=CC(=O)O.O=C(O)CCC(=O)OO. The maximum Gasteiger partial charge on any atom is 0.342 e. The third-order valence-electron chi connectivity index (χ3n) is 1.01. The summed E-state index contributed by atoms with van der Waals surface area (Å²) in [6.07, 6.45) is 0.496. The fourth-order valence-corrected chi connectivity index (χ4v) is 0.397. The van der Waals surface area contributed by atoms with Gasteiger partial charge < -0.3 is 20.2 Å². The average Bonchev–Trinajstić information content (AvgIpc) is 2.23. The topological polar surface area (TPSA) is 158 Å². The highest BCUT2D eigenvalue weighted by Crippen LogP contribution is 1.89. The van der Waals surface area contributed by atoms with E-state index in [1.54, 1.807) is 0 Å². The molecule has 17 heavy (non-hydrogen) atoms. The van der Waals surface area contributed by atoms with Gasteiger partial charge in [-0.25, -0.2) is 14.4 Å². The van der Waals surface area contributed by atoms with E-state index in [4.69, 9.17) is 20.6 Å². The average molecular weight is 250 g/mol. The highest BCUT2D eigenvalue weighted by atomic mass is 17.1. The number of hydrogen-bond acceptors (Lipinski definition) is 6. The number of carbonyl (C=O) groups excluding carboxylic acids is 1. The predicted octanol–water partition coefficient (Wildman–Crippen LogP) is -0.421. The molecule has 0 aromatic carbocycles. The monoisotopic (exact) mass is 250 g/mol. The zero-order chi connectivity index (χ0) is 13.8. The Hall–Kier alpha value is -2.42. The molecule has 0 bridgehead atoms. The Bertz CT molecular complexity index is 301. The maximum atomic E-state index is 9.98. The normalized spacial score (nSPS) is 9.00. The van der Waals surface area contributed by atoms with Crippen LogP contribution in [0, 0.1) is 0 Å². The Balaban J connectivity index is 0. The first-order valence-corrected chi connectivity index (χ1v) is 3.99. The van der Waals surface area contributed by atoms with Gasteiger partial charge in [-0.2, -0.15) is 5.26 Å². The van der Waals surface area contributed by atoms with Crippen LogP contribution in [0.25, 0.3) is 0 Å². The van der Waals surface area contributed by atoms with Crippen molar-refractivity contribution in [2.75, 3.05) is 0 Å². The minimum Gasteiger partial charge on any atom is -0.481 e. The molecule has 0 unspecified atom stereocenters. The van der Waals surface area contributed by atoms with Gasteiger partial charge in [0.05, 0.1) is 12.8 Å². The standard InChI is InChI=1S/C4H6O5.C4H4O4/c5-3(6)1-2-4(7)9-8;5-3(6)1-2-4(7)8/h8H,1-2H2,(H,5,6);1-2H,(H,5,6)(H,7,8). The van der Waals surface area contributed by atoms with Crippen LogP contribution in [0.15, 0.2) is 12.2 Å². The molecule has 0 atom stereocenters. The second kappa shape index (κ2) is 10.1. The van der Waals surface area contributed by atoms with Crippen LogP contribution < -0.4 is 0 Å². The molecule has 0 aromatic rings. The smallest absolute Gasteiger partial charge is 0.342 e. The second-order valence-corrected chi connectivity index (χ2v) is 2.37. The fourth-order valence-electron chi connectivity index (χ4n) is 0.397. The molecule has 0 fully saturated rings. The minimum atomic E-state index is -1.26. The molecule has 0 aliphatic rings. The molecule has 9 heteroatoms. The Kier molecular flexibility index (Phi) is 10.1. The van der Waals surface area contributed by atoms with Crippen molar-refractivity contribution in [1.82, 2.24) is 0 Å². The van der Waals surface area contributed by atoms with Crippen LogP contribution in [0.4, 0.5) is 0 Å². The Labute approximate surface area is 94.5 Å². The lowest BCUT2D eigenvalue weighted by Gasteiger charge is -1.90. The summed E-state index contributed by atoms with van der Waals surface area (Å²) in [7, 11) is 0. The van der Waals surface area contributed by atoms with Gasteiger partial charge in [-0.3, -0.25) is 4.79 Å². The lowest BCUT2D eigenvalue weighted by molar-refractivity contribution is -0.234. The molecule has 0 aromatic heterocycles. The van der Waals surface area contributed by atoms with E-state index in [9.17, 15) is 19.2 Å². The van der Waals surface area contributed by atoms with Crippen LogP contribution in [-0.2, 0) is 24.1 Å². The molecule has 4 N–H and O–H groups in total. The van der Waals surface area contributed by atoms with Gasteiger partial charge in [-0.15, -0.1) is 0 Å². The summed E-state index contributed by atoms with van der Waals surface area (Å²) >= 11 is 0. The molecule has 9 nitrogen and oxygen atoms in total. The van der Waals surface area contributed by atoms with Gasteiger partial charge in [-0.1, -0.05) is 0 Å². The van der Waals surface area contributed by atoms with Crippen molar-refractivity contribution in [3.05, 3.63) is 12.2 Å². The molecule has 0 aliphatic heterocycles. The quantitative estimate of drug-likeness (QED) is 0.288. The van der Waals surface area contributed by atoms with Crippen molar-refractivity contribution >= 4 is 23.9 Å². The first-order valence-electron chi connectivity index (χ1n) is 3.99. The lowest BCUT2D eigenvalue weighted by atomic mass is 10.3. The van der Waals surface area contributed by atoms with Crippen molar-refractivity contribution in [3.63, 3.8) is 0 Å². The molecule has 96 valence electrons. The van der Waals surface area contributed by atoms with Crippen LogP contribution in [0.2, 0.25) is 0 Å². The number of carbonyl (C=O) groups is 4. The van der Waals surface area contributed by atoms with Gasteiger partial charge in [-0.05, 0) is 0 Å². The van der Waals surface area contributed by atoms with Gasteiger partial charge in [0, 0.05) is 12.2 Å². The van der Waals surface area contributed by atoms with E-state index < -0.39 is 23.9 Å². The van der Waals surface area contributed by atoms with E-state index in [-0.39, 0.29) is 12.8 Å². The van der Waals surface area contributed by atoms with Crippen LogP contribution in [-0.4, -0.2) is 44.5 Å². The summed E-state index contributed by atoms with van der Waals surface area (Å²) in [6, 6.07) is 0. The summed E-state index contributed by atoms with van der Waals surface area (Å²) in [5, 5.41) is 31.2. The van der Waals surface area contributed by atoms with E-state index in [0.717, 1.165) is 0 Å². The van der Waals surface area contributed by atoms with E-state index >= 15 is 0 Å². The fraction of sp³-hybridized carbons (Fsp3) is 0.250. The molecular weight excluding hydrogens is 240 g/mol. The highest BCUT2D eigenvalue weighted by molar-refractivity contribution is 5.89. The van der Waals surface area contributed by atoms with E-state index in [0.29, 0.717) is 12.2 Å². The summed E-state index contributed by atoms with van der Waals surface area (Å²) in [5.74, 6) is -4.54. The summed E-state index contributed by atoms with van der Waals surface area (Å²) in [6.45, 7) is 0. The Morgan fingerprint density at radius 2 is 1.29 bits per heavy atom. The third kappa shape index (κ3) is 19.8. The molecule has 0 aliphatic carbocycles. The van der Waals surface area contributed by atoms with Gasteiger partial charge in [0.15, 0.2) is 0 Å². The largest absolute Gasteiger partial charge is 0.481 e. The summed E-state index contributed by atoms with van der Waals surface area (Å²) < 4.78 is 0. The highest BCUT2D eigenvalue weighted by Gasteiger charge is 2.04. The number of carboxylic acid groups (broad SMARTS) is 3. The Morgan fingerprint density at radius 1 is 0.882 bits per heavy atom. The molecule has 0 saturated heterocycles. The predicted molar refractivity (Wildman–Crippen MR) is 50.0 cm³/mol. The molecule has 0 saturated carbocycles. The summed E-state index contributed by atoms with van der Waals surface area (Å²) in [5.41, 5.74) is 0. The number of aliphatic carboxylic acids is 3. The van der Waals surface area contributed by atoms with Crippen LogP contribution >= 0.6 is 0 Å². The van der Waals surface area contributed by atoms with Crippen molar-refractivity contribution in [2.45, 2.75) is 12.8 Å². The first kappa shape index (κ1) is 17.0. The molecule has 0 spiro atoms. The van der Waals surface area contributed by atoms with E-state index in [2.05, 4.69) is 4.89 Å². The number of carboxylic acids is 3. The first-order chi connectivity index (χ1) is 7.79. The third-order valence-corrected chi connectivity index (χ3v) is 1.01. The van der Waals surface area contributed by atoms with E-state index in [1.807, 2.05) is 0 Å². The van der Waals surface area contributed by atoms with Gasteiger partial charge in [0.2, 0.25) is 0 Å². The zero-order valence-corrected chi connectivity index (χ0v) is 8.40. The zero-order valence-electron chi connectivity index (χ0n) is 8.40. The lowest BCUT2D eigenvalue weighted by Crippen LogP contribution is -2.04. The van der Waals surface area contributed by atoms with E-state index in [1.165, 1.54) is 0 Å². The van der Waals surface area contributed by atoms with Crippen LogP contribution in [0.1, 0.15) is 12.8 Å². The minimum absolute atomic E-state index is 0.300. The van der Waals surface area contributed by atoms with Crippen molar-refractivity contribution < 1.29 is 44.6 Å². The van der Waals surface area contributed by atoms with Gasteiger partial charge in [0.1, 0.15) is 0 Å².